The van der Waals surface area contributed by atoms with Crippen LogP contribution >= 0.6 is 0 Å². The Balaban J connectivity index is 1.86. The number of rotatable bonds is 0. The lowest BCUT2D eigenvalue weighted by atomic mass is 9.67. The van der Waals surface area contributed by atoms with Crippen LogP contribution in [-0.2, 0) is 5.60 Å². The quantitative estimate of drug-likeness (QED) is 0.591. The standard InChI is InChI=1S/C20H18O5/c21-13-3-1-2-10-18(13)16(24)8-12-9-4-6-14(22)19-15(23)7-5-11(17(9)19)20(10,12)25/h1-3,5,7,9,12,14,21-23,25H,4,6,8H2/t9-,12-,14-,20-/m0/s1. The normalized spacial score (nSPS) is 32.1. The maximum absolute atomic E-state index is 12.7. The number of aliphatic hydroxyl groups is 2. The Labute approximate surface area is 144 Å². The number of ketones is 1. The Kier molecular flexibility index (Phi) is 2.76. The van der Waals surface area contributed by atoms with Gasteiger partial charge in [0.25, 0.3) is 0 Å². The zero-order chi connectivity index (χ0) is 17.5. The van der Waals surface area contributed by atoms with Crippen molar-refractivity contribution in [3.8, 4) is 11.5 Å². The minimum Gasteiger partial charge on any atom is -0.508 e. The molecule has 25 heavy (non-hydrogen) atoms. The fourth-order valence-electron chi connectivity index (χ4n) is 5.31. The minimum absolute atomic E-state index is 0.0284. The molecule has 0 aromatic heterocycles. The average molecular weight is 338 g/mol. The van der Waals surface area contributed by atoms with Crippen LogP contribution in [0.15, 0.2) is 30.3 Å². The largest absolute Gasteiger partial charge is 0.508 e. The first-order valence-electron chi connectivity index (χ1n) is 8.57. The summed E-state index contributed by atoms with van der Waals surface area (Å²) in [4.78, 5) is 12.7. The van der Waals surface area contributed by atoms with Gasteiger partial charge < -0.3 is 20.4 Å². The number of carbonyl (C=O) groups excluding carboxylic acids is 1. The summed E-state index contributed by atoms with van der Waals surface area (Å²) in [6.45, 7) is 0. The van der Waals surface area contributed by atoms with E-state index in [9.17, 15) is 25.2 Å². The van der Waals surface area contributed by atoms with Crippen molar-refractivity contribution in [2.24, 2.45) is 5.92 Å². The molecule has 0 fully saturated rings. The van der Waals surface area contributed by atoms with E-state index in [4.69, 9.17) is 0 Å². The first-order valence-corrected chi connectivity index (χ1v) is 8.57. The van der Waals surface area contributed by atoms with Gasteiger partial charge in [-0.2, -0.15) is 0 Å². The molecule has 5 heteroatoms. The van der Waals surface area contributed by atoms with E-state index in [-0.39, 0.29) is 41.1 Å². The van der Waals surface area contributed by atoms with E-state index in [2.05, 4.69) is 0 Å². The van der Waals surface area contributed by atoms with Crippen LogP contribution in [0.1, 0.15) is 63.9 Å². The third-order valence-electron chi connectivity index (χ3n) is 6.29. The Morgan fingerprint density at radius 3 is 2.56 bits per heavy atom. The predicted molar refractivity (Wildman–Crippen MR) is 88.6 cm³/mol. The molecule has 0 bridgehead atoms. The summed E-state index contributed by atoms with van der Waals surface area (Å²) in [7, 11) is 0. The van der Waals surface area contributed by atoms with Gasteiger partial charge in [0.15, 0.2) is 5.78 Å². The highest BCUT2D eigenvalue weighted by Gasteiger charge is 2.58. The third kappa shape index (κ3) is 1.62. The van der Waals surface area contributed by atoms with Gasteiger partial charge in [0, 0.05) is 23.5 Å². The third-order valence-corrected chi connectivity index (χ3v) is 6.29. The lowest BCUT2D eigenvalue weighted by Crippen LogP contribution is -2.40. The van der Waals surface area contributed by atoms with Gasteiger partial charge in [-0.25, -0.2) is 0 Å². The zero-order valence-corrected chi connectivity index (χ0v) is 13.4. The Morgan fingerprint density at radius 2 is 1.76 bits per heavy atom. The maximum atomic E-state index is 12.7. The molecule has 0 aliphatic heterocycles. The van der Waals surface area contributed by atoms with Crippen molar-refractivity contribution in [2.45, 2.75) is 36.9 Å². The number of phenols is 2. The van der Waals surface area contributed by atoms with Crippen LogP contribution in [0.3, 0.4) is 0 Å². The van der Waals surface area contributed by atoms with Crippen molar-refractivity contribution in [2.75, 3.05) is 0 Å². The van der Waals surface area contributed by atoms with Crippen LogP contribution in [0.4, 0.5) is 0 Å². The highest BCUT2D eigenvalue weighted by atomic mass is 16.3. The van der Waals surface area contributed by atoms with Crippen molar-refractivity contribution >= 4 is 5.78 Å². The monoisotopic (exact) mass is 338 g/mol. The van der Waals surface area contributed by atoms with Gasteiger partial charge in [-0.1, -0.05) is 18.2 Å². The summed E-state index contributed by atoms with van der Waals surface area (Å²) in [5.74, 6) is -0.705. The van der Waals surface area contributed by atoms with E-state index >= 15 is 0 Å². The molecule has 0 heterocycles. The Bertz CT molecular complexity index is 934. The molecular formula is C20H18O5. The molecule has 0 amide bonds. The predicted octanol–water partition coefficient (Wildman–Crippen LogP) is 2.46. The van der Waals surface area contributed by atoms with Gasteiger partial charge >= 0.3 is 0 Å². The molecule has 0 saturated heterocycles. The first kappa shape index (κ1) is 14.9. The molecule has 0 radical (unpaired) electrons. The number of Topliss-reactive ketones (excluding diaryl/α,β-unsaturated/α-hetero) is 1. The molecular weight excluding hydrogens is 320 g/mol. The summed E-state index contributed by atoms with van der Waals surface area (Å²) in [5, 5.41) is 42.6. The van der Waals surface area contributed by atoms with Crippen molar-refractivity contribution in [1.82, 2.24) is 0 Å². The number of aliphatic hydroxyl groups excluding tert-OH is 1. The zero-order valence-electron chi connectivity index (χ0n) is 13.4. The van der Waals surface area contributed by atoms with E-state index in [1.807, 2.05) is 0 Å². The Hall–Kier alpha value is -2.37. The van der Waals surface area contributed by atoms with Gasteiger partial charge in [0.1, 0.15) is 17.1 Å². The second kappa shape index (κ2) is 4.62. The van der Waals surface area contributed by atoms with Crippen LogP contribution < -0.4 is 0 Å². The summed E-state index contributed by atoms with van der Waals surface area (Å²) in [5.41, 5.74) is 1.09. The topological polar surface area (TPSA) is 98.0 Å². The van der Waals surface area contributed by atoms with Crippen LogP contribution in [0.5, 0.6) is 11.5 Å². The van der Waals surface area contributed by atoms with Crippen molar-refractivity contribution in [3.63, 3.8) is 0 Å². The minimum atomic E-state index is -1.39. The molecule has 5 rings (SSSR count). The number of carbonyl (C=O) groups is 1. The fraction of sp³-hybridized carbons (Fsp3) is 0.350. The van der Waals surface area contributed by atoms with Gasteiger partial charge in [0.05, 0.1) is 11.7 Å². The molecule has 0 saturated carbocycles. The molecule has 0 unspecified atom stereocenters. The maximum Gasteiger partial charge on any atom is 0.167 e. The van der Waals surface area contributed by atoms with Gasteiger partial charge in [-0.3, -0.25) is 4.79 Å². The van der Waals surface area contributed by atoms with Gasteiger partial charge in [-0.15, -0.1) is 0 Å². The first-order chi connectivity index (χ1) is 11.9. The van der Waals surface area contributed by atoms with E-state index in [0.29, 0.717) is 29.5 Å². The molecule has 2 aromatic rings. The summed E-state index contributed by atoms with van der Waals surface area (Å²) < 4.78 is 0. The Morgan fingerprint density at radius 1 is 0.960 bits per heavy atom. The van der Waals surface area contributed by atoms with E-state index in [1.54, 1.807) is 18.2 Å². The molecule has 0 spiro atoms. The van der Waals surface area contributed by atoms with Crippen LogP contribution in [0.2, 0.25) is 0 Å². The summed E-state index contributed by atoms with van der Waals surface area (Å²) in [6.07, 6.45) is 0.507. The van der Waals surface area contributed by atoms with Crippen molar-refractivity contribution < 1.29 is 25.2 Å². The second-order valence-corrected chi connectivity index (χ2v) is 7.36. The van der Waals surface area contributed by atoms with Crippen LogP contribution in [-0.4, -0.2) is 26.2 Å². The lowest BCUT2D eigenvalue weighted by Gasteiger charge is -2.39. The molecule has 3 aliphatic carbocycles. The number of aromatic hydroxyl groups is 2. The number of hydrogen-bond acceptors (Lipinski definition) is 5. The number of fused-ring (bicyclic) bond motifs is 5. The fourth-order valence-corrected chi connectivity index (χ4v) is 5.31. The summed E-state index contributed by atoms with van der Waals surface area (Å²) in [6, 6.07) is 7.95. The average Bonchev–Trinajstić information content (AvgIpc) is 2.83. The molecule has 4 atom stereocenters. The highest BCUT2D eigenvalue weighted by molar-refractivity contribution is 6.02. The van der Waals surface area contributed by atoms with E-state index in [0.717, 1.165) is 5.56 Å². The second-order valence-electron chi connectivity index (χ2n) is 7.36. The van der Waals surface area contributed by atoms with Crippen molar-refractivity contribution in [1.29, 1.82) is 0 Å². The number of benzene rings is 2. The smallest absolute Gasteiger partial charge is 0.167 e. The van der Waals surface area contributed by atoms with E-state index in [1.165, 1.54) is 12.1 Å². The molecule has 128 valence electrons. The molecule has 4 N–H and O–H groups in total. The molecule has 2 aromatic carbocycles. The summed E-state index contributed by atoms with van der Waals surface area (Å²) >= 11 is 0. The van der Waals surface area contributed by atoms with Crippen LogP contribution in [0.25, 0.3) is 0 Å². The van der Waals surface area contributed by atoms with Crippen LogP contribution in [0, 0.1) is 5.92 Å². The molecule has 3 aliphatic rings. The van der Waals surface area contributed by atoms with Gasteiger partial charge in [0.2, 0.25) is 0 Å². The highest BCUT2D eigenvalue weighted by Crippen LogP contribution is 2.63. The van der Waals surface area contributed by atoms with Crippen molar-refractivity contribution in [3.05, 3.63) is 58.1 Å². The number of phenolic OH excluding ortho intramolecular Hbond substituents is 2. The SMILES string of the molecule is O=C1C[C@H]2[C@@H]3CC[C@H](O)c4c(O)ccc(c43)[C@@]2(O)c2cccc(O)c21. The van der Waals surface area contributed by atoms with E-state index < -0.39 is 11.7 Å². The lowest BCUT2D eigenvalue weighted by molar-refractivity contribution is 0.00599. The number of hydrogen-bond donors (Lipinski definition) is 4. The molecule has 5 nitrogen and oxygen atoms in total. The van der Waals surface area contributed by atoms with Gasteiger partial charge in [-0.05, 0) is 42.0 Å².